The third kappa shape index (κ3) is 4.52. The number of thiocarbonyl (C=S) groups is 1. The zero-order chi connectivity index (χ0) is 21.1. The van der Waals surface area contributed by atoms with E-state index in [0.717, 1.165) is 5.56 Å². The first-order valence-corrected chi connectivity index (χ1v) is 9.33. The largest absolute Gasteiger partial charge is 0.508 e. The molecular weight excluding hydrogens is 392 g/mol. The molecule has 0 spiro atoms. The van der Waals surface area contributed by atoms with E-state index in [-0.39, 0.29) is 17.4 Å². The van der Waals surface area contributed by atoms with Crippen molar-refractivity contribution in [2.45, 2.75) is 19.9 Å². The van der Waals surface area contributed by atoms with Crippen molar-refractivity contribution in [2.75, 3.05) is 5.32 Å². The molecule has 3 rings (SSSR count). The van der Waals surface area contributed by atoms with Crippen molar-refractivity contribution in [3.63, 3.8) is 0 Å². The highest BCUT2D eigenvalue weighted by molar-refractivity contribution is 7.80. The van der Waals surface area contributed by atoms with Gasteiger partial charge in [0.25, 0.3) is 11.6 Å². The second kappa shape index (κ2) is 8.27. The minimum Gasteiger partial charge on any atom is -0.508 e. The first kappa shape index (κ1) is 20.3. The summed E-state index contributed by atoms with van der Waals surface area (Å²) in [4.78, 5) is 23.7. The molecule has 29 heavy (non-hydrogen) atoms. The molecule has 1 unspecified atom stereocenters. The zero-order valence-electron chi connectivity index (χ0n) is 15.8. The first-order valence-electron chi connectivity index (χ1n) is 8.92. The molecule has 2 aromatic rings. The Morgan fingerprint density at radius 3 is 2.55 bits per heavy atom. The van der Waals surface area contributed by atoms with Crippen LogP contribution >= 0.6 is 12.2 Å². The first-order chi connectivity index (χ1) is 13.8. The highest BCUT2D eigenvalue weighted by Gasteiger charge is 2.32. The maximum Gasteiger partial charge on any atom is 0.271 e. The number of benzene rings is 2. The van der Waals surface area contributed by atoms with Crippen molar-refractivity contribution in [3.8, 4) is 5.75 Å². The zero-order valence-corrected chi connectivity index (χ0v) is 16.6. The van der Waals surface area contributed by atoms with Gasteiger partial charge in [-0.2, -0.15) is 0 Å². The second-order valence-corrected chi connectivity index (χ2v) is 7.27. The predicted octanol–water partition coefficient (Wildman–Crippen LogP) is 3.37. The normalized spacial score (nSPS) is 16.2. The van der Waals surface area contributed by atoms with E-state index in [2.05, 4.69) is 16.0 Å². The number of allylic oxidation sites excluding steroid dienone is 1. The van der Waals surface area contributed by atoms with Crippen LogP contribution in [0.4, 0.5) is 11.4 Å². The number of hydrogen-bond acceptors (Lipinski definition) is 5. The Balaban J connectivity index is 2.02. The Kier molecular flexibility index (Phi) is 5.79. The molecule has 8 nitrogen and oxygen atoms in total. The number of phenolic OH excluding ortho intramolecular Hbond substituents is 1. The van der Waals surface area contributed by atoms with Gasteiger partial charge in [0.05, 0.1) is 16.5 Å². The van der Waals surface area contributed by atoms with Crippen molar-refractivity contribution < 1.29 is 14.8 Å². The molecule has 4 N–H and O–H groups in total. The van der Waals surface area contributed by atoms with E-state index in [9.17, 15) is 20.0 Å². The number of phenols is 1. The van der Waals surface area contributed by atoms with Crippen molar-refractivity contribution >= 4 is 34.6 Å². The molecule has 1 atom stereocenters. The fourth-order valence-electron chi connectivity index (χ4n) is 3.11. The number of hydrogen-bond donors (Lipinski definition) is 4. The monoisotopic (exact) mass is 412 g/mol. The summed E-state index contributed by atoms with van der Waals surface area (Å²) >= 11 is 5.31. The second-order valence-electron chi connectivity index (χ2n) is 6.87. The van der Waals surface area contributed by atoms with Crippen LogP contribution in [0.2, 0.25) is 0 Å². The molecule has 2 aromatic carbocycles. The van der Waals surface area contributed by atoms with Crippen LogP contribution in [0.25, 0.3) is 0 Å². The number of non-ortho nitro benzene ring substituents is 1. The summed E-state index contributed by atoms with van der Waals surface area (Å²) in [6.07, 6.45) is 0. The average Bonchev–Trinajstić information content (AvgIpc) is 2.67. The van der Waals surface area contributed by atoms with Crippen molar-refractivity contribution in [1.82, 2.24) is 10.6 Å². The molecule has 1 aliphatic rings. The Bertz CT molecular complexity index is 1000. The minimum atomic E-state index is -0.541. The standard InChI is InChI=1S/C20H20N4O4S/c1-11(2)17-16(19(26)21-13-4-3-5-14(10-13)24(27)28)18(23-20(29)22-17)12-6-8-15(25)9-7-12/h3-11,18,25H,1-2H3,(H,21,26)(H2,22,23,29). The van der Waals surface area contributed by atoms with Gasteiger partial charge in [-0.15, -0.1) is 0 Å². The summed E-state index contributed by atoms with van der Waals surface area (Å²) in [5, 5.41) is 29.9. The van der Waals surface area contributed by atoms with E-state index in [1.165, 1.54) is 30.3 Å². The Labute approximate surface area is 172 Å². The van der Waals surface area contributed by atoms with E-state index in [4.69, 9.17) is 12.2 Å². The molecular formula is C20H20N4O4S. The van der Waals surface area contributed by atoms with Gasteiger partial charge in [-0.3, -0.25) is 14.9 Å². The summed E-state index contributed by atoms with van der Waals surface area (Å²) in [6, 6.07) is 11.7. The topological polar surface area (TPSA) is 117 Å². The molecule has 0 aromatic heterocycles. The fraction of sp³-hybridized carbons (Fsp3) is 0.200. The number of rotatable bonds is 5. The summed E-state index contributed by atoms with van der Waals surface area (Å²) in [5.74, 6) is -0.323. The third-order valence-electron chi connectivity index (χ3n) is 4.47. The van der Waals surface area contributed by atoms with Crippen LogP contribution in [0, 0.1) is 16.0 Å². The van der Waals surface area contributed by atoms with E-state index >= 15 is 0 Å². The molecule has 0 fully saturated rings. The van der Waals surface area contributed by atoms with E-state index in [1.807, 2.05) is 13.8 Å². The molecule has 1 aliphatic heterocycles. The molecule has 1 amide bonds. The molecule has 0 saturated heterocycles. The van der Waals surface area contributed by atoms with E-state index < -0.39 is 16.9 Å². The molecule has 150 valence electrons. The summed E-state index contributed by atoms with van der Waals surface area (Å²) in [6.45, 7) is 3.87. The molecule has 1 heterocycles. The van der Waals surface area contributed by atoms with Gasteiger partial charge in [0.2, 0.25) is 0 Å². The van der Waals surface area contributed by atoms with Crippen LogP contribution in [-0.4, -0.2) is 21.0 Å². The number of amides is 1. The van der Waals surface area contributed by atoms with Gasteiger partial charge >= 0.3 is 0 Å². The van der Waals surface area contributed by atoms with Crippen LogP contribution in [0.5, 0.6) is 5.75 Å². The lowest BCUT2D eigenvalue weighted by atomic mass is 9.91. The van der Waals surface area contributed by atoms with E-state index in [1.54, 1.807) is 18.2 Å². The molecule has 9 heteroatoms. The maximum absolute atomic E-state index is 13.2. The summed E-state index contributed by atoms with van der Waals surface area (Å²) in [5.41, 5.74) is 2.03. The lowest BCUT2D eigenvalue weighted by molar-refractivity contribution is -0.384. The molecule has 0 aliphatic carbocycles. The summed E-state index contributed by atoms with van der Waals surface area (Å²) in [7, 11) is 0. The van der Waals surface area contributed by atoms with Crippen LogP contribution < -0.4 is 16.0 Å². The van der Waals surface area contributed by atoms with Gasteiger partial charge in [0, 0.05) is 23.5 Å². The van der Waals surface area contributed by atoms with E-state index in [0.29, 0.717) is 22.1 Å². The number of carbonyl (C=O) groups is 1. The number of nitro benzene ring substituents is 1. The fourth-order valence-corrected chi connectivity index (χ4v) is 3.33. The number of aromatic hydroxyl groups is 1. The molecule has 0 radical (unpaired) electrons. The van der Waals surface area contributed by atoms with Gasteiger partial charge in [-0.25, -0.2) is 0 Å². The van der Waals surface area contributed by atoms with Gasteiger partial charge in [-0.05, 0) is 41.9 Å². The summed E-state index contributed by atoms with van der Waals surface area (Å²) < 4.78 is 0. The number of carbonyl (C=O) groups excluding carboxylic acids is 1. The third-order valence-corrected chi connectivity index (χ3v) is 4.69. The van der Waals surface area contributed by atoms with Crippen molar-refractivity contribution in [1.29, 1.82) is 0 Å². The van der Waals surface area contributed by atoms with Crippen molar-refractivity contribution in [2.24, 2.45) is 5.92 Å². The Morgan fingerprint density at radius 2 is 1.93 bits per heavy atom. The maximum atomic E-state index is 13.2. The van der Waals surface area contributed by atoms with Gasteiger partial charge in [0.1, 0.15) is 5.75 Å². The van der Waals surface area contributed by atoms with Crippen LogP contribution in [0.1, 0.15) is 25.5 Å². The van der Waals surface area contributed by atoms with Crippen molar-refractivity contribution in [3.05, 3.63) is 75.5 Å². The smallest absolute Gasteiger partial charge is 0.271 e. The predicted molar refractivity (Wildman–Crippen MR) is 113 cm³/mol. The van der Waals surface area contributed by atoms with Crippen LogP contribution in [0.3, 0.4) is 0 Å². The molecule has 0 bridgehead atoms. The minimum absolute atomic E-state index is 0.0273. The van der Waals surface area contributed by atoms with Gasteiger partial charge < -0.3 is 21.1 Å². The number of nitrogens with one attached hydrogen (secondary N) is 3. The van der Waals surface area contributed by atoms with Gasteiger partial charge in [0.15, 0.2) is 5.11 Å². The number of nitro groups is 1. The van der Waals surface area contributed by atoms with Gasteiger partial charge in [-0.1, -0.05) is 32.0 Å². The lowest BCUT2D eigenvalue weighted by Gasteiger charge is -2.33. The SMILES string of the molecule is CC(C)C1=C(C(=O)Nc2cccc([N+](=O)[O-])c2)C(c2ccc(O)cc2)NC(=S)N1. The Morgan fingerprint density at radius 1 is 1.24 bits per heavy atom. The van der Waals surface area contributed by atoms with Crippen LogP contribution in [-0.2, 0) is 4.79 Å². The highest BCUT2D eigenvalue weighted by atomic mass is 32.1. The highest BCUT2D eigenvalue weighted by Crippen LogP contribution is 2.31. The Hall–Kier alpha value is -3.46. The lowest BCUT2D eigenvalue weighted by Crippen LogP contribution is -2.47. The molecule has 0 saturated carbocycles. The number of nitrogens with zero attached hydrogens (tertiary/aromatic N) is 1. The van der Waals surface area contributed by atoms with Crippen LogP contribution in [0.15, 0.2) is 59.8 Å². The number of anilines is 1. The quantitative estimate of drug-likeness (QED) is 0.338. The average molecular weight is 412 g/mol.